The summed E-state index contributed by atoms with van der Waals surface area (Å²) in [5.41, 5.74) is 0.0366. The lowest BCUT2D eigenvalue weighted by Gasteiger charge is -2.10. The van der Waals surface area contributed by atoms with Crippen molar-refractivity contribution in [1.82, 2.24) is 9.97 Å². The molecule has 0 radical (unpaired) electrons. The van der Waals surface area contributed by atoms with E-state index in [1.807, 2.05) is 0 Å². The van der Waals surface area contributed by atoms with Gasteiger partial charge in [-0.05, 0) is 6.92 Å². The zero-order valence-corrected chi connectivity index (χ0v) is 8.20. The summed E-state index contributed by atoms with van der Waals surface area (Å²) < 4.78 is 17.9. The molecule has 0 saturated carbocycles. The first-order valence-corrected chi connectivity index (χ1v) is 4.31. The van der Waals surface area contributed by atoms with Crippen LogP contribution in [0.5, 0.6) is 0 Å². The number of methoxy groups -OCH3 is 1. The van der Waals surface area contributed by atoms with Gasteiger partial charge in [-0.25, -0.2) is 14.4 Å². The Labute approximate surface area is 81.8 Å². The van der Waals surface area contributed by atoms with E-state index < -0.39 is 11.9 Å². The van der Waals surface area contributed by atoms with Gasteiger partial charge in [0.05, 0.1) is 6.20 Å². The maximum atomic E-state index is 13.1. The van der Waals surface area contributed by atoms with Crippen LogP contribution < -0.4 is 0 Å². The highest BCUT2D eigenvalue weighted by atomic mass is 19.1. The average Bonchev–Trinajstić information content (AvgIpc) is 2.18. The maximum Gasteiger partial charge on any atom is 0.165 e. The standard InChI is InChI=1S/C9H13FN2O2/c1-6-11-5-7(10)9(12-6)8(13)3-4-14-2/h5,8,13H,3-4H2,1-2H3. The second-order valence-corrected chi connectivity index (χ2v) is 2.95. The summed E-state index contributed by atoms with van der Waals surface area (Å²) in [5, 5.41) is 9.55. The van der Waals surface area contributed by atoms with Gasteiger partial charge in [-0.2, -0.15) is 0 Å². The van der Waals surface area contributed by atoms with Crippen molar-refractivity contribution in [3.05, 3.63) is 23.5 Å². The van der Waals surface area contributed by atoms with Crippen LogP contribution in [0.25, 0.3) is 0 Å². The smallest absolute Gasteiger partial charge is 0.165 e. The summed E-state index contributed by atoms with van der Waals surface area (Å²) in [5.74, 6) is -0.142. The third-order valence-electron chi connectivity index (χ3n) is 1.80. The minimum atomic E-state index is -0.934. The predicted molar refractivity (Wildman–Crippen MR) is 48.2 cm³/mol. The van der Waals surface area contributed by atoms with Gasteiger partial charge >= 0.3 is 0 Å². The summed E-state index contributed by atoms with van der Waals surface area (Å²) in [6.07, 6.45) is 0.453. The van der Waals surface area contributed by atoms with Crippen LogP contribution in [0.1, 0.15) is 24.0 Å². The van der Waals surface area contributed by atoms with Crippen LogP contribution in [0.15, 0.2) is 6.20 Å². The molecule has 0 saturated heterocycles. The zero-order valence-electron chi connectivity index (χ0n) is 8.20. The first-order valence-electron chi connectivity index (χ1n) is 4.31. The Kier molecular flexibility index (Phi) is 3.91. The van der Waals surface area contributed by atoms with Crippen LogP contribution in [0.4, 0.5) is 4.39 Å². The van der Waals surface area contributed by atoms with E-state index in [9.17, 15) is 9.50 Å². The van der Waals surface area contributed by atoms with Gasteiger partial charge in [0.2, 0.25) is 0 Å². The Morgan fingerprint density at radius 3 is 3.00 bits per heavy atom. The van der Waals surface area contributed by atoms with Gasteiger partial charge in [0, 0.05) is 20.1 Å². The summed E-state index contributed by atoms with van der Waals surface area (Å²) in [4.78, 5) is 7.51. The van der Waals surface area contributed by atoms with E-state index in [0.717, 1.165) is 6.20 Å². The van der Waals surface area contributed by atoms with E-state index in [-0.39, 0.29) is 5.69 Å². The van der Waals surface area contributed by atoms with Crippen LogP contribution in [0.2, 0.25) is 0 Å². The molecule has 1 N–H and O–H groups in total. The van der Waals surface area contributed by atoms with Crippen molar-refractivity contribution in [2.24, 2.45) is 0 Å². The Morgan fingerprint density at radius 1 is 1.64 bits per heavy atom. The number of rotatable bonds is 4. The summed E-state index contributed by atoms with van der Waals surface area (Å²) in [6, 6.07) is 0. The van der Waals surface area contributed by atoms with Crippen LogP contribution in [0, 0.1) is 12.7 Å². The molecule has 1 heterocycles. The lowest BCUT2D eigenvalue weighted by molar-refractivity contribution is 0.104. The molecule has 5 heteroatoms. The molecule has 0 aliphatic rings. The van der Waals surface area contributed by atoms with Gasteiger partial charge < -0.3 is 9.84 Å². The molecule has 14 heavy (non-hydrogen) atoms. The number of hydrogen-bond donors (Lipinski definition) is 1. The van der Waals surface area contributed by atoms with Gasteiger partial charge in [-0.1, -0.05) is 0 Å². The van der Waals surface area contributed by atoms with Crippen molar-refractivity contribution < 1.29 is 14.2 Å². The topological polar surface area (TPSA) is 55.2 Å². The van der Waals surface area contributed by atoms with Crippen LogP contribution in [0.3, 0.4) is 0 Å². The molecule has 0 aliphatic carbocycles. The Hall–Kier alpha value is -1.07. The number of ether oxygens (including phenoxy) is 1. The fraction of sp³-hybridized carbons (Fsp3) is 0.556. The largest absolute Gasteiger partial charge is 0.387 e. The van der Waals surface area contributed by atoms with Gasteiger partial charge in [0.25, 0.3) is 0 Å². The molecule has 4 nitrogen and oxygen atoms in total. The van der Waals surface area contributed by atoms with E-state index in [2.05, 4.69) is 9.97 Å². The number of halogens is 1. The van der Waals surface area contributed by atoms with Crippen LogP contribution >= 0.6 is 0 Å². The molecule has 0 spiro atoms. The highest BCUT2D eigenvalue weighted by molar-refractivity contribution is 5.07. The lowest BCUT2D eigenvalue weighted by Crippen LogP contribution is -2.08. The van der Waals surface area contributed by atoms with Gasteiger partial charge in [0.15, 0.2) is 5.82 Å². The summed E-state index contributed by atoms with van der Waals surface area (Å²) in [6.45, 7) is 2.01. The van der Waals surface area contributed by atoms with E-state index in [0.29, 0.717) is 18.9 Å². The Balaban J connectivity index is 2.77. The van der Waals surface area contributed by atoms with E-state index in [4.69, 9.17) is 4.74 Å². The van der Waals surface area contributed by atoms with Crippen molar-refractivity contribution in [3.8, 4) is 0 Å². The number of aliphatic hydroxyl groups is 1. The molecule has 0 fully saturated rings. The average molecular weight is 200 g/mol. The predicted octanol–water partition coefficient (Wildman–Crippen LogP) is 0.994. The quantitative estimate of drug-likeness (QED) is 0.787. The van der Waals surface area contributed by atoms with Crippen molar-refractivity contribution >= 4 is 0 Å². The SMILES string of the molecule is COCCC(O)c1nc(C)ncc1F. The molecule has 0 amide bonds. The van der Waals surface area contributed by atoms with E-state index in [1.165, 1.54) is 7.11 Å². The third kappa shape index (κ3) is 2.71. The molecule has 0 bridgehead atoms. The summed E-state index contributed by atoms with van der Waals surface area (Å²) in [7, 11) is 1.52. The van der Waals surface area contributed by atoms with Gasteiger partial charge in [-0.3, -0.25) is 0 Å². The molecule has 78 valence electrons. The van der Waals surface area contributed by atoms with Crippen molar-refractivity contribution in [1.29, 1.82) is 0 Å². The molecule has 1 rings (SSSR count). The van der Waals surface area contributed by atoms with Gasteiger partial charge in [-0.15, -0.1) is 0 Å². The molecule has 1 unspecified atom stereocenters. The van der Waals surface area contributed by atoms with Gasteiger partial charge in [0.1, 0.15) is 17.6 Å². The fourth-order valence-corrected chi connectivity index (χ4v) is 1.07. The Morgan fingerprint density at radius 2 is 2.36 bits per heavy atom. The minimum Gasteiger partial charge on any atom is -0.387 e. The molecule has 0 aromatic carbocycles. The zero-order chi connectivity index (χ0) is 10.6. The Bertz CT molecular complexity index is 307. The molecular weight excluding hydrogens is 187 g/mol. The monoisotopic (exact) mass is 200 g/mol. The van der Waals surface area contributed by atoms with Crippen molar-refractivity contribution in [3.63, 3.8) is 0 Å². The first-order chi connectivity index (χ1) is 6.65. The number of hydrogen-bond acceptors (Lipinski definition) is 4. The fourth-order valence-electron chi connectivity index (χ4n) is 1.07. The lowest BCUT2D eigenvalue weighted by atomic mass is 10.2. The second-order valence-electron chi connectivity index (χ2n) is 2.95. The highest BCUT2D eigenvalue weighted by Crippen LogP contribution is 2.16. The van der Waals surface area contributed by atoms with E-state index >= 15 is 0 Å². The summed E-state index contributed by atoms with van der Waals surface area (Å²) >= 11 is 0. The number of aryl methyl sites for hydroxylation is 1. The molecule has 1 aromatic rings. The van der Waals surface area contributed by atoms with Crippen molar-refractivity contribution in [2.75, 3.05) is 13.7 Å². The molecule has 1 aromatic heterocycles. The highest BCUT2D eigenvalue weighted by Gasteiger charge is 2.14. The second kappa shape index (κ2) is 4.97. The molecule has 0 aliphatic heterocycles. The molecular formula is C9H13FN2O2. The first kappa shape index (κ1) is 11.0. The van der Waals surface area contributed by atoms with Crippen LogP contribution in [-0.2, 0) is 4.74 Å². The van der Waals surface area contributed by atoms with E-state index in [1.54, 1.807) is 6.92 Å². The van der Waals surface area contributed by atoms with Crippen molar-refractivity contribution in [2.45, 2.75) is 19.4 Å². The normalized spacial score (nSPS) is 12.9. The number of aromatic nitrogens is 2. The van der Waals surface area contributed by atoms with Crippen LogP contribution in [-0.4, -0.2) is 28.8 Å². The molecule has 1 atom stereocenters. The maximum absolute atomic E-state index is 13.1. The number of nitrogens with zero attached hydrogens (tertiary/aromatic N) is 2. The minimum absolute atomic E-state index is 0.0366. The third-order valence-corrected chi connectivity index (χ3v) is 1.80. The number of aliphatic hydroxyl groups excluding tert-OH is 1.